The molecule has 1 fully saturated rings. The van der Waals surface area contributed by atoms with Crippen molar-refractivity contribution < 1.29 is 63.0 Å². The molecule has 0 radical (unpaired) electrons. The molecule has 1 aliphatic heterocycles. The van der Waals surface area contributed by atoms with Gasteiger partial charge in [-0.25, -0.2) is 0 Å². The molecule has 12 atom stereocenters. The highest BCUT2D eigenvalue weighted by Crippen LogP contribution is 2.26. The number of amides is 11. The lowest BCUT2D eigenvalue weighted by atomic mass is 9.90. The van der Waals surface area contributed by atoms with Gasteiger partial charge in [0, 0.05) is 55.9 Å². The van der Waals surface area contributed by atoms with Crippen LogP contribution < -0.4 is 21.3 Å². The molecule has 0 aliphatic carbocycles. The van der Waals surface area contributed by atoms with Crippen molar-refractivity contribution in [2.24, 2.45) is 41.4 Å². The molecule has 0 aromatic carbocycles. The van der Waals surface area contributed by atoms with Gasteiger partial charge >= 0.3 is 0 Å². The van der Waals surface area contributed by atoms with Gasteiger partial charge in [0.15, 0.2) is 0 Å². The SMILES string of the molecule is CC[C@H]1NC(=O)[C@H]([C@H](O)[C@H](C)CCCCCCO)N(C)C(=O)[C@@H](C(C)C)N(C)C(=O)[C@@H](CC(C)C)N(C)C(=O)[C@H](CC(C)C)N(C)C(=O)[C@H](C)NC(=O)[C@@H](C)NC(=O)[C@@H](CCC(C)C)N(C)C(=O)[C@@H](C(C)C)NC(=O)[C@H](CC(C)C)N(C)C(=O)CN(C)C1=O. The number of unbranched alkanes of at least 4 members (excludes halogenated alkanes) is 3. The van der Waals surface area contributed by atoms with Gasteiger partial charge in [-0.2, -0.15) is 0 Å². The smallest absolute Gasteiger partial charge is 0.246 e. The Hall–Kier alpha value is -5.91. The van der Waals surface area contributed by atoms with E-state index in [1.165, 1.54) is 87.7 Å². The van der Waals surface area contributed by atoms with Crippen LogP contribution in [0.5, 0.6) is 0 Å². The van der Waals surface area contributed by atoms with E-state index in [0.717, 1.165) is 22.6 Å². The number of hydrogen-bond donors (Lipinski definition) is 6. The maximum Gasteiger partial charge on any atom is 0.246 e. The number of aliphatic hydroxyl groups is 2. The van der Waals surface area contributed by atoms with Crippen molar-refractivity contribution in [3.05, 3.63) is 0 Å². The molecule has 512 valence electrons. The average Bonchev–Trinajstić information content (AvgIpc) is 1.18. The van der Waals surface area contributed by atoms with Crippen molar-refractivity contribution in [1.29, 1.82) is 0 Å². The van der Waals surface area contributed by atoms with Gasteiger partial charge in [0.1, 0.15) is 60.4 Å². The molecule has 24 nitrogen and oxygen atoms in total. The first kappa shape index (κ1) is 81.1. The van der Waals surface area contributed by atoms with Gasteiger partial charge in [0.2, 0.25) is 65.0 Å². The number of aliphatic hydroxyl groups excluding tert-OH is 2. The number of carbonyl (C=O) groups excluding carboxylic acids is 11. The fourth-order valence-electron chi connectivity index (χ4n) is 11.4. The van der Waals surface area contributed by atoms with Crippen LogP contribution >= 0.6 is 0 Å². The molecule has 0 unspecified atom stereocenters. The van der Waals surface area contributed by atoms with E-state index in [2.05, 4.69) is 21.3 Å². The van der Waals surface area contributed by atoms with E-state index in [9.17, 15) is 48.6 Å². The predicted molar refractivity (Wildman–Crippen MR) is 344 cm³/mol. The second kappa shape index (κ2) is 38.1. The van der Waals surface area contributed by atoms with Crippen LogP contribution in [0.2, 0.25) is 0 Å². The summed E-state index contributed by atoms with van der Waals surface area (Å²) >= 11 is 0. The third-order valence-corrected chi connectivity index (χ3v) is 17.2. The fraction of sp³-hybridized carbons (Fsp3) is 0.831. The highest BCUT2D eigenvalue weighted by molar-refractivity contribution is 5.99. The molecule has 24 heteroatoms. The Kier molecular flexibility index (Phi) is 34.7. The number of carbonyl (C=O) groups is 11. The first-order chi connectivity index (χ1) is 41.2. The Labute approximate surface area is 533 Å². The number of likely N-dealkylation sites (N-methyl/N-ethyl adjacent to an activating group) is 7. The van der Waals surface area contributed by atoms with Crippen molar-refractivity contribution in [3.63, 3.8) is 0 Å². The lowest BCUT2D eigenvalue weighted by Crippen LogP contribution is -2.63. The van der Waals surface area contributed by atoms with E-state index in [4.69, 9.17) is 0 Å². The third kappa shape index (κ3) is 24.0. The number of hydrogen-bond acceptors (Lipinski definition) is 13. The van der Waals surface area contributed by atoms with Crippen molar-refractivity contribution in [3.8, 4) is 0 Å². The number of rotatable bonds is 20. The van der Waals surface area contributed by atoms with Crippen LogP contribution in [0.25, 0.3) is 0 Å². The first-order valence-corrected chi connectivity index (χ1v) is 32.6. The summed E-state index contributed by atoms with van der Waals surface area (Å²) in [6.07, 6.45) is 2.76. The molecule has 11 amide bonds. The van der Waals surface area contributed by atoms with Crippen LogP contribution in [0.15, 0.2) is 0 Å². The van der Waals surface area contributed by atoms with E-state index in [-0.39, 0.29) is 62.4 Å². The fourth-order valence-corrected chi connectivity index (χ4v) is 11.4. The molecule has 0 saturated carbocycles. The molecule has 6 N–H and O–H groups in total. The summed E-state index contributed by atoms with van der Waals surface area (Å²) in [6.45, 7) is 27.8. The minimum Gasteiger partial charge on any atom is -0.396 e. The highest BCUT2D eigenvalue weighted by atomic mass is 16.3. The van der Waals surface area contributed by atoms with Gasteiger partial charge in [-0.1, -0.05) is 116 Å². The third-order valence-electron chi connectivity index (χ3n) is 17.2. The monoisotopic (exact) mass is 1260 g/mol. The van der Waals surface area contributed by atoms with Crippen LogP contribution in [0.1, 0.15) is 181 Å². The summed E-state index contributed by atoms with van der Waals surface area (Å²) in [5, 5.41) is 32.7. The summed E-state index contributed by atoms with van der Waals surface area (Å²) in [7, 11) is 9.94. The molecule has 89 heavy (non-hydrogen) atoms. The second-order valence-corrected chi connectivity index (χ2v) is 27.6. The summed E-state index contributed by atoms with van der Waals surface area (Å²) in [5.74, 6) is -9.49. The summed E-state index contributed by atoms with van der Waals surface area (Å²) < 4.78 is 0. The van der Waals surface area contributed by atoms with E-state index >= 15 is 14.4 Å². The van der Waals surface area contributed by atoms with Crippen LogP contribution in [-0.2, 0) is 52.7 Å². The van der Waals surface area contributed by atoms with Gasteiger partial charge in [-0.05, 0) is 107 Å². The molecule has 1 saturated heterocycles. The molecule has 1 heterocycles. The van der Waals surface area contributed by atoms with Crippen LogP contribution in [-0.4, -0.2) is 238 Å². The quantitative estimate of drug-likeness (QED) is 0.0951. The zero-order valence-corrected chi connectivity index (χ0v) is 58.6. The second-order valence-electron chi connectivity index (χ2n) is 27.6. The van der Waals surface area contributed by atoms with E-state index in [1.807, 2.05) is 55.4 Å². The van der Waals surface area contributed by atoms with Gasteiger partial charge in [-0.3, -0.25) is 52.7 Å². The molecular formula is C65H119N11O13. The summed E-state index contributed by atoms with van der Waals surface area (Å²) in [6, 6.07) is -12.4. The average molecular weight is 1260 g/mol. The normalized spacial score (nSPS) is 26.1. The first-order valence-electron chi connectivity index (χ1n) is 32.6. The molecule has 0 aromatic heterocycles. The summed E-state index contributed by atoms with van der Waals surface area (Å²) in [4.78, 5) is 170. The Morgan fingerprint density at radius 2 is 0.899 bits per heavy atom. The minimum atomic E-state index is -1.62. The van der Waals surface area contributed by atoms with Gasteiger partial charge < -0.3 is 65.8 Å². The molecule has 1 aliphatic rings. The van der Waals surface area contributed by atoms with Gasteiger partial charge in [-0.15, -0.1) is 0 Å². The van der Waals surface area contributed by atoms with Gasteiger partial charge in [0.05, 0.1) is 12.6 Å². The van der Waals surface area contributed by atoms with Crippen molar-refractivity contribution in [2.75, 3.05) is 62.5 Å². The van der Waals surface area contributed by atoms with Crippen molar-refractivity contribution in [2.45, 2.75) is 248 Å². The van der Waals surface area contributed by atoms with Gasteiger partial charge in [0.25, 0.3) is 0 Å². The van der Waals surface area contributed by atoms with E-state index in [1.54, 1.807) is 41.5 Å². The zero-order valence-electron chi connectivity index (χ0n) is 58.6. The Morgan fingerprint density at radius 1 is 0.438 bits per heavy atom. The topological polar surface area (TPSA) is 299 Å². The van der Waals surface area contributed by atoms with Crippen LogP contribution in [0, 0.1) is 41.4 Å². The zero-order chi connectivity index (χ0) is 68.8. The Bertz CT molecular complexity index is 2350. The lowest BCUT2D eigenvalue weighted by molar-refractivity contribution is -0.157. The van der Waals surface area contributed by atoms with Crippen molar-refractivity contribution >= 4 is 65.0 Å². The molecule has 0 spiro atoms. The van der Waals surface area contributed by atoms with Crippen LogP contribution in [0.3, 0.4) is 0 Å². The summed E-state index contributed by atoms with van der Waals surface area (Å²) in [5.41, 5.74) is 0. The van der Waals surface area contributed by atoms with Crippen molar-refractivity contribution in [1.82, 2.24) is 55.6 Å². The Morgan fingerprint density at radius 3 is 1.38 bits per heavy atom. The number of nitrogens with one attached hydrogen (secondary N) is 4. The number of nitrogens with zero attached hydrogens (tertiary/aromatic N) is 7. The van der Waals surface area contributed by atoms with E-state index in [0.29, 0.717) is 25.7 Å². The molecule has 0 aromatic rings. The standard InChI is InChI=1S/C65H119N11O13/c1-24-46-61(85)70(17)36-51(78)71(18)48(33-38(4)5)58(82)69-52(41(10)11)64(88)72(19)47(31-30-37(2)3)57(81)66-44(15)56(80)67-45(16)60(84)73(20)49(34-39(6)7)62(86)74(21)50(35-40(8)9)63(87)75(22)53(42(12)13)65(89)76(23)54(59(83)68-46)55(79)43(14)29-27-25-26-28-32-77/h37-50,52-55,77,79H,24-36H2,1-23H3,(H,66,81)(H,67,80)(H,68,83)(H,69,82)/t43-,44-,45+,46-,47-,48+,49+,50-,52-,53-,54+,55-/m1/s1. The Balaban J connectivity index is 4.34. The molecular weight excluding hydrogens is 1140 g/mol. The lowest BCUT2D eigenvalue weighted by Gasteiger charge is -2.41. The molecule has 1 rings (SSSR count). The largest absolute Gasteiger partial charge is 0.396 e. The molecule has 0 bridgehead atoms. The van der Waals surface area contributed by atoms with Crippen LogP contribution in [0.4, 0.5) is 0 Å². The maximum atomic E-state index is 15.2. The van der Waals surface area contributed by atoms with E-state index < -0.39 is 156 Å². The maximum absolute atomic E-state index is 15.2. The predicted octanol–water partition coefficient (Wildman–Crippen LogP) is 3.64. The minimum absolute atomic E-state index is 0.0155. The highest BCUT2D eigenvalue weighted by Gasteiger charge is 2.46.